The van der Waals surface area contributed by atoms with Gasteiger partial charge in [0.05, 0.1) is 17.1 Å². The fourth-order valence-corrected chi connectivity index (χ4v) is 4.37. The number of allylic oxidation sites excluding steroid dienone is 1. The number of alkyl halides is 1. The zero-order valence-electron chi connectivity index (χ0n) is 14.1. The number of aryl methyl sites for hydroxylation is 1. The van der Waals surface area contributed by atoms with E-state index in [0.29, 0.717) is 11.6 Å². The summed E-state index contributed by atoms with van der Waals surface area (Å²) in [7, 11) is -3.62. The first-order valence-electron chi connectivity index (χ1n) is 7.98. The van der Waals surface area contributed by atoms with Crippen molar-refractivity contribution in [3.05, 3.63) is 77.2 Å². The van der Waals surface area contributed by atoms with Gasteiger partial charge >= 0.3 is 0 Å². The maximum Gasteiger partial charge on any atom is 0.264 e. The molecule has 0 spiro atoms. The lowest BCUT2D eigenvalue weighted by Crippen LogP contribution is -2.36. The number of hydrogen-bond donors (Lipinski definition) is 0. The molecule has 132 valence electrons. The van der Waals surface area contributed by atoms with Crippen molar-refractivity contribution in [1.29, 1.82) is 0 Å². The molecule has 6 heteroatoms. The molecular weight excluding hydrogens is 358 g/mol. The van der Waals surface area contributed by atoms with Gasteiger partial charge in [-0.05, 0) is 37.1 Å². The van der Waals surface area contributed by atoms with E-state index < -0.39 is 10.0 Å². The Morgan fingerprint density at radius 2 is 1.72 bits per heavy atom. The third kappa shape index (κ3) is 3.67. The van der Waals surface area contributed by atoms with Crippen LogP contribution in [0.2, 0.25) is 0 Å². The molecule has 2 aromatic carbocycles. The van der Waals surface area contributed by atoms with Crippen molar-refractivity contribution in [2.24, 2.45) is 0 Å². The Morgan fingerprint density at radius 3 is 2.32 bits per heavy atom. The molecule has 25 heavy (non-hydrogen) atoms. The number of hydrogen-bond acceptors (Lipinski definition) is 3. The van der Waals surface area contributed by atoms with Crippen molar-refractivity contribution in [3.63, 3.8) is 0 Å². The van der Waals surface area contributed by atoms with Gasteiger partial charge in [0.2, 0.25) is 0 Å². The Kier molecular flexibility index (Phi) is 5.06. The van der Waals surface area contributed by atoms with Gasteiger partial charge in [-0.2, -0.15) is 0 Å². The predicted molar refractivity (Wildman–Crippen MR) is 98.7 cm³/mol. The van der Waals surface area contributed by atoms with Crippen molar-refractivity contribution in [2.45, 2.75) is 30.7 Å². The molecule has 0 N–H and O–H groups in total. The SMILES string of the molecule is CC1=COC(c2ccc(CCl)cc2)CN1S(=O)(=O)c1ccc(C)cc1. The van der Waals surface area contributed by atoms with Crippen LogP contribution in [0.25, 0.3) is 0 Å². The van der Waals surface area contributed by atoms with Gasteiger partial charge in [-0.15, -0.1) is 11.6 Å². The Bertz CT molecular complexity index is 874. The largest absolute Gasteiger partial charge is 0.490 e. The fraction of sp³-hybridized carbons (Fsp3) is 0.263. The summed E-state index contributed by atoms with van der Waals surface area (Å²) in [6.45, 7) is 3.90. The Labute approximate surface area is 153 Å². The smallest absolute Gasteiger partial charge is 0.264 e. The average Bonchev–Trinajstić information content (AvgIpc) is 2.62. The van der Waals surface area contributed by atoms with Gasteiger partial charge in [0.1, 0.15) is 12.4 Å². The van der Waals surface area contributed by atoms with Crippen LogP contribution >= 0.6 is 11.6 Å². The van der Waals surface area contributed by atoms with Crippen LogP contribution < -0.4 is 0 Å². The van der Waals surface area contributed by atoms with E-state index in [-0.39, 0.29) is 17.5 Å². The second-order valence-electron chi connectivity index (χ2n) is 6.11. The molecule has 0 aliphatic carbocycles. The van der Waals surface area contributed by atoms with E-state index in [1.165, 1.54) is 10.6 Å². The Morgan fingerprint density at radius 1 is 1.08 bits per heavy atom. The van der Waals surface area contributed by atoms with Crippen molar-refractivity contribution >= 4 is 21.6 Å². The summed E-state index contributed by atoms with van der Waals surface area (Å²) in [5, 5.41) is 0. The molecule has 0 bridgehead atoms. The van der Waals surface area contributed by atoms with Crippen LogP contribution in [0.1, 0.15) is 29.7 Å². The molecule has 0 fully saturated rings. The van der Waals surface area contributed by atoms with E-state index in [4.69, 9.17) is 16.3 Å². The molecule has 1 atom stereocenters. The summed E-state index contributed by atoms with van der Waals surface area (Å²) in [6.07, 6.45) is 1.16. The highest BCUT2D eigenvalue weighted by molar-refractivity contribution is 7.89. The molecular formula is C19H20ClNO3S. The normalized spacial score (nSPS) is 17.8. The van der Waals surface area contributed by atoms with Crippen LogP contribution in [0.5, 0.6) is 0 Å². The number of ether oxygens (including phenoxy) is 1. The van der Waals surface area contributed by atoms with Gasteiger partial charge in [-0.25, -0.2) is 8.42 Å². The van der Waals surface area contributed by atoms with E-state index in [1.54, 1.807) is 31.2 Å². The zero-order valence-corrected chi connectivity index (χ0v) is 15.7. The summed E-state index contributed by atoms with van der Waals surface area (Å²) in [5.41, 5.74) is 3.51. The number of halogens is 1. The van der Waals surface area contributed by atoms with E-state index in [0.717, 1.165) is 16.7 Å². The van der Waals surface area contributed by atoms with Gasteiger partial charge in [0, 0.05) is 5.88 Å². The number of sulfonamides is 1. The molecule has 0 saturated heterocycles. The van der Waals surface area contributed by atoms with Crippen molar-refractivity contribution in [1.82, 2.24) is 4.31 Å². The minimum atomic E-state index is -3.62. The van der Waals surface area contributed by atoms with Gasteiger partial charge in [0.15, 0.2) is 0 Å². The standard InChI is InChI=1S/C19H20ClNO3S/c1-14-3-9-18(10-4-14)25(22,23)21-12-19(24-13-15(21)2)17-7-5-16(11-20)6-8-17/h3-10,13,19H,11-12H2,1-2H3. The monoisotopic (exact) mass is 377 g/mol. The van der Waals surface area contributed by atoms with Crippen LogP contribution in [0.3, 0.4) is 0 Å². The quantitative estimate of drug-likeness (QED) is 0.744. The van der Waals surface area contributed by atoms with Gasteiger partial charge in [-0.3, -0.25) is 4.31 Å². The lowest BCUT2D eigenvalue weighted by Gasteiger charge is -2.33. The first kappa shape index (κ1) is 17.8. The Balaban J connectivity index is 1.89. The zero-order chi connectivity index (χ0) is 18.0. The lowest BCUT2D eigenvalue weighted by atomic mass is 10.1. The molecule has 4 nitrogen and oxygen atoms in total. The summed E-state index contributed by atoms with van der Waals surface area (Å²) in [6, 6.07) is 14.6. The topological polar surface area (TPSA) is 46.6 Å². The van der Waals surface area contributed by atoms with Crippen LogP contribution in [0.4, 0.5) is 0 Å². The van der Waals surface area contributed by atoms with Crippen LogP contribution in [0.15, 0.2) is 65.4 Å². The first-order chi connectivity index (χ1) is 11.9. The number of rotatable bonds is 4. The highest BCUT2D eigenvalue weighted by Gasteiger charge is 2.31. The summed E-state index contributed by atoms with van der Waals surface area (Å²) in [4.78, 5) is 0.281. The molecule has 2 aromatic rings. The molecule has 1 aliphatic heterocycles. The van der Waals surface area contributed by atoms with Crippen molar-refractivity contribution in [2.75, 3.05) is 6.54 Å². The summed E-state index contributed by atoms with van der Waals surface area (Å²) in [5.74, 6) is 0.443. The second-order valence-corrected chi connectivity index (χ2v) is 8.24. The minimum absolute atomic E-state index is 0.235. The number of benzene rings is 2. The van der Waals surface area contributed by atoms with Crippen LogP contribution in [0, 0.1) is 6.92 Å². The highest BCUT2D eigenvalue weighted by Crippen LogP contribution is 2.30. The summed E-state index contributed by atoms with van der Waals surface area (Å²) < 4.78 is 33.1. The number of nitrogens with zero attached hydrogens (tertiary/aromatic N) is 1. The summed E-state index contributed by atoms with van der Waals surface area (Å²) >= 11 is 5.82. The molecule has 0 amide bonds. The molecule has 1 aliphatic rings. The predicted octanol–water partition coefficient (Wildman–Crippen LogP) is 4.36. The molecule has 0 aromatic heterocycles. The van der Waals surface area contributed by atoms with Gasteiger partial charge in [0.25, 0.3) is 10.0 Å². The maximum atomic E-state index is 13.0. The minimum Gasteiger partial charge on any atom is -0.490 e. The van der Waals surface area contributed by atoms with E-state index >= 15 is 0 Å². The fourth-order valence-electron chi connectivity index (χ4n) is 2.71. The lowest BCUT2D eigenvalue weighted by molar-refractivity contribution is 0.101. The molecule has 0 radical (unpaired) electrons. The molecule has 1 unspecified atom stereocenters. The third-order valence-corrected chi connectivity index (χ3v) is 6.44. The van der Waals surface area contributed by atoms with Gasteiger partial charge in [-0.1, -0.05) is 42.0 Å². The van der Waals surface area contributed by atoms with Crippen LogP contribution in [-0.2, 0) is 20.6 Å². The second kappa shape index (κ2) is 7.10. The highest BCUT2D eigenvalue weighted by atomic mass is 35.5. The molecule has 0 saturated carbocycles. The Hall–Kier alpha value is -1.98. The van der Waals surface area contributed by atoms with E-state index in [2.05, 4.69) is 0 Å². The third-order valence-electron chi connectivity index (χ3n) is 4.24. The van der Waals surface area contributed by atoms with Crippen molar-refractivity contribution in [3.8, 4) is 0 Å². The molecule has 3 rings (SSSR count). The molecule has 1 heterocycles. The van der Waals surface area contributed by atoms with Crippen molar-refractivity contribution < 1.29 is 13.2 Å². The first-order valence-corrected chi connectivity index (χ1v) is 9.96. The van der Waals surface area contributed by atoms with Gasteiger partial charge < -0.3 is 4.74 Å². The maximum absolute atomic E-state index is 13.0. The van der Waals surface area contributed by atoms with Crippen LogP contribution in [-0.4, -0.2) is 19.3 Å². The van der Waals surface area contributed by atoms with E-state index in [1.807, 2.05) is 31.2 Å². The average molecular weight is 378 g/mol. The van der Waals surface area contributed by atoms with E-state index in [9.17, 15) is 8.42 Å².